The molecule has 1 aliphatic heterocycles. The number of piperidine rings is 1. The van der Waals surface area contributed by atoms with Crippen LogP contribution in [-0.2, 0) is 11.2 Å². The quantitative estimate of drug-likeness (QED) is 0.648. The smallest absolute Gasteiger partial charge is 0.226 e. The van der Waals surface area contributed by atoms with E-state index in [4.69, 9.17) is 4.42 Å². The van der Waals surface area contributed by atoms with Gasteiger partial charge in [0.2, 0.25) is 5.91 Å². The van der Waals surface area contributed by atoms with Gasteiger partial charge in [-0.15, -0.1) is 11.3 Å². The van der Waals surface area contributed by atoms with E-state index in [1.165, 1.54) is 19.3 Å². The lowest BCUT2D eigenvalue weighted by molar-refractivity contribution is -0.120. The Kier molecular flexibility index (Phi) is 6.19. The predicted octanol–water partition coefficient (Wildman–Crippen LogP) is 4.29. The van der Waals surface area contributed by atoms with Gasteiger partial charge < -0.3 is 9.73 Å². The standard InChI is InChI=1S/C22H25N3O2S/c26-21(14-18-16-28-22(24-18)17-8-3-1-4-9-17)23-15-19(20-10-7-13-27-20)25-11-5-2-6-12-25/h1,3-4,7-10,13,16,19H,2,5-6,11-12,14-15H2,(H,23,26)/t19-/m1/s1. The number of amides is 1. The van der Waals surface area contributed by atoms with Crippen molar-refractivity contribution in [3.63, 3.8) is 0 Å². The molecule has 1 N–H and O–H groups in total. The summed E-state index contributed by atoms with van der Waals surface area (Å²) in [5.41, 5.74) is 1.90. The van der Waals surface area contributed by atoms with Gasteiger partial charge in [0.05, 0.1) is 24.4 Å². The highest BCUT2D eigenvalue weighted by molar-refractivity contribution is 7.13. The van der Waals surface area contributed by atoms with Crippen LogP contribution in [0.4, 0.5) is 0 Å². The third-order valence-corrected chi connectivity index (χ3v) is 6.05. The number of likely N-dealkylation sites (tertiary alicyclic amines) is 1. The van der Waals surface area contributed by atoms with Gasteiger partial charge in [0.25, 0.3) is 0 Å². The predicted molar refractivity (Wildman–Crippen MR) is 111 cm³/mol. The Balaban J connectivity index is 1.35. The van der Waals surface area contributed by atoms with Crippen molar-refractivity contribution in [1.29, 1.82) is 0 Å². The van der Waals surface area contributed by atoms with E-state index in [-0.39, 0.29) is 11.9 Å². The molecule has 0 unspecified atom stereocenters. The zero-order valence-corrected chi connectivity index (χ0v) is 16.7. The fourth-order valence-electron chi connectivity index (χ4n) is 3.66. The number of thiazole rings is 1. The molecular formula is C22H25N3O2S. The molecule has 0 bridgehead atoms. The van der Waals surface area contributed by atoms with Crippen LogP contribution in [0.25, 0.3) is 10.6 Å². The molecule has 1 amide bonds. The van der Waals surface area contributed by atoms with E-state index >= 15 is 0 Å². The van der Waals surface area contributed by atoms with E-state index in [0.29, 0.717) is 13.0 Å². The summed E-state index contributed by atoms with van der Waals surface area (Å²) in [4.78, 5) is 19.6. The third-order valence-electron chi connectivity index (χ3n) is 5.11. The lowest BCUT2D eigenvalue weighted by Gasteiger charge is -2.33. The molecule has 1 saturated heterocycles. The molecule has 1 aliphatic rings. The molecule has 6 heteroatoms. The van der Waals surface area contributed by atoms with Crippen molar-refractivity contribution >= 4 is 17.2 Å². The summed E-state index contributed by atoms with van der Waals surface area (Å²) in [6, 6.07) is 14.1. The highest BCUT2D eigenvalue weighted by atomic mass is 32.1. The first kappa shape index (κ1) is 18.9. The maximum atomic E-state index is 12.5. The normalized spacial score (nSPS) is 16.0. The molecule has 5 nitrogen and oxygen atoms in total. The van der Waals surface area contributed by atoms with Crippen molar-refractivity contribution in [2.45, 2.75) is 31.7 Å². The molecule has 0 spiro atoms. The molecule has 146 valence electrons. The zero-order chi connectivity index (χ0) is 19.2. The summed E-state index contributed by atoms with van der Waals surface area (Å²) in [7, 11) is 0. The van der Waals surface area contributed by atoms with Crippen molar-refractivity contribution in [2.24, 2.45) is 0 Å². The second kappa shape index (κ2) is 9.17. The summed E-state index contributed by atoms with van der Waals surface area (Å²) in [6.07, 6.45) is 5.68. The van der Waals surface area contributed by atoms with Gasteiger partial charge in [0.15, 0.2) is 0 Å². The minimum absolute atomic E-state index is 0.00141. The topological polar surface area (TPSA) is 58.4 Å². The Morgan fingerprint density at radius 2 is 1.96 bits per heavy atom. The van der Waals surface area contributed by atoms with E-state index in [9.17, 15) is 4.79 Å². The summed E-state index contributed by atoms with van der Waals surface area (Å²) in [5.74, 6) is 0.917. The van der Waals surface area contributed by atoms with Crippen molar-refractivity contribution < 1.29 is 9.21 Å². The van der Waals surface area contributed by atoms with Crippen LogP contribution in [-0.4, -0.2) is 35.4 Å². The first-order valence-corrected chi connectivity index (χ1v) is 10.7. The molecule has 3 heterocycles. The van der Waals surface area contributed by atoms with Crippen LogP contribution in [0.15, 0.2) is 58.5 Å². The number of rotatable bonds is 7. The average molecular weight is 396 g/mol. The van der Waals surface area contributed by atoms with Gasteiger partial charge in [-0.2, -0.15) is 0 Å². The van der Waals surface area contributed by atoms with Crippen LogP contribution in [0, 0.1) is 0 Å². The van der Waals surface area contributed by atoms with Crippen LogP contribution < -0.4 is 5.32 Å². The SMILES string of the molecule is O=C(Cc1csc(-c2ccccc2)n1)NC[C@H](c1ccco1)N1CCCCC1. The van der Waals surface area contributed by atoms with E-state index in [2.05, 4.69) is 15.2 Å². The molecule has 0 radical (unpaired) electrons. The molecule has 4 rings (SSSR count). The van der Waals surface area contributed by atoms with Gasteiger partial charge in [0.1, 0.15) is 10.8 Å². The summed E-state index contributed by atoms with van der Waals surface area (Å²) in [5, 5.41) is 6.01. The summed E-state index contributed by atoms with van der Waals surface area (Å²) in [6.45, 7) is 2.66. The van der Waals surface area contributed by atoms with E-state index < -0.39 is 0 Å². The number of hydrogen-bond acceptors (Lipinski definition) is 5. The van der Waals surface area contributed by atoms with E-state index in [0.717, 1.165) is 35.1 Å². The number of hydrogen-bond donors (Lipinski definition) is 1. The number of furan rings is 1. The fraction of sp³-hybridized carbons (Fsp3) is 0.364. The summed E-state index contributed by atoms with van der Waals surface area (Å²) >= 11 is 1.58. The second-order valence-electron chi connectivity index (χ2n) is 7.12. The molecule has 1 fully saturated rings. The first-order valence-electron chi connectivity index (χ1n) is 9.83. The molecule has 3 aromatic rings. The van der Waals surface area contributed by atoms with Gasteiger partial charge in [-0.25, -0.2) is 4.98 Å². The lowest BCUT2D eigenvalue weighted by atomic mass is 10.1. The highest BCUT2D eigenvalue weighted by Crippen LogP contribution is 2.25. The Morgan fingerprint density at radius 3 is 2.71 bits per heavy atom. The van der Waals surface area contributed by atoms with Crippen molar-refractivity contribution in [3.05, 3.63) is 65.6 Å². The Morgan fingerprint density at radius 1 is 1.14 bits per heavy atom. The van der Waals surface area contributed by atoms with Crippen LogP contribution >= 0.6 is 11.3 Å². The number of carbonyl (C=O) groups is 1. The number of nitrogens with zero attached hydrogens (tertiary/aromatic N) is 2. The van der Waals surface area contributed by atoms with Gasteiger partial charge in [0, 0.05) is 17.5 Å². The number of nitrogens with one attached hydrogen (secondary N) is 1. The Labute approximate surface area is 169 Å². The minimum atomic E-state index is -0.00141. The van der Waals surface area contributed by atoms with Gasteiger partial charge in [-0.1, -0.05) is 36.8 Å². The van der Waals surface area contributed by atoms with Crippen molar-refractivity contribution in [3.8, 4) is 10.6 Å². The minimum Gasteiger partial charge on any atom is -0.468 e. The van der Waals surface area contributed by atoms with Crippen LogP contribution in [0.5, 0.6) is 0 Å². The molecule has 0 saturated carbocycles. The van der Waals surface area contributed by atoms with Crippen molar-refractivity contribution in [1.82, 2.24) is 15.2 Å². The molecule has 1 atom stereocenters. The van der Waals surface area contributed by atoms with Crippen molar-refractivity contribution in [2.75, 3.05) is 19.6 Å². The Hall–Kier alpha value is -2.44. The largest absolute Gasteiger partial charge is 0.468 e. The maximum absolute atomic E-state index is 12.5. The van der Waals surface area contributed by atoms with Gasteiger partial charge in [-0.05, 0) is 38.1 Å². The van der Waals surface area contributed by atoms with Crippen LogP contribution in [0.1, 0.15) is 36.8 Å². The maximum Gasteiger partial charge on any atom is 0.226 e. The first-order chi connectivity index (χ1) is 13.8. The lowest BCUT2D eigenvalue weighted by Crippen LogP contribution is -2.40. The molecule has 28 heavy (non-hydrogen) atoms. The fourth-order valence-corrected chi connectivity index (χ4v) is 4.49. The Bertz CT molecular complexity index is 870. The van der Waals surface area contributed by atoms with E-state index in [1.807, 2.05) is 47.8 Å². The number of benzene rings is 1. The molecular weight excluding hydrogens is 370 g/mol. The van der Waals surface area contributed by atoms with Gasteiger partial charge >= 0.3 is 0 Å². The second-order valence-corrected chi connectivity index (χ2v) is 7.98. The number of aromatic nitrogens is 1. The highest BCUT2D eigenvalue weighted by Gasteiger charge is 2.25. The third kappa shape index (κ3) is 4.69. The van der Waals surface area contributed by atoms with Crippen LogP contribution in [0.3, 0.4) is 0 Å². The molecule has 2 aromatic heterocycles. The average Bonchev–Trinajstić information content (AvgIpc) is 3.42. The zero-order valence-electron chi connectivity index (χ0n) is 15.8. The molecule has 0 aliphatic carbocycles. The number of carbonyl (C=O) groups excluding carboxylic acids is 1. The summed E-state index contributed by atoms with van der Waals surface area (Å²) < 4.78 is 5.65. The van der Waals surface area contributed by atoms with Gasteiger partial charge in [-0.3, -0.25) is 9.69 Å². The monoisotopic (exact) mass is 395 g/mol. The molecule has 1 aromatic carbocycles. The van der Waals surface area contributed by atoms with E-state index in [1.54, 1.807) is 17.6 Å². The van der Waals surface area contributed by atoms with Crippen LogP contribution in [0.2, 0.25) is 0 Å².